The zero-order valence-electron chi connectivity index (χ0n) is 11.4. The topological polar surface area (TPSA) is 49.7 Å². The van der Waals surface area contributed by atoms with E-state index in [-0.39, 0.29) is 0 Å². The molecular formula is C16H22O3. The lowest BCUT2D eigenvalue weighted by molar-refractivity contribution is -0.106. The van der Waals surface area contributed by atoms with Crippen molar-refractivity contribution >= 4 is 0 Å². The van der Waals surface area contributed by atoms with Crippen LogP contribution in [0, 0.1) is 5.92 Å². The van der Waals surface area contributed by atoms with E-state index in [2.05, 4.69) is 6.92 Å². The van der Waals surface area contributed by atoms with E-state index in [0.29, 0.717) is 25.4 Å². The molecule has 0 amide bonds. The molecule has 2 N–H and O–H groups in total. The highest BCUT2D eigenvalue weighted by Gasteiger charge is 2.41. The monoisotopic (exact) mass is 262 g/mol. The minimum atomic E-state index is -0.992. The number of hydrogen-bond acceptors (Lipinski definition) is 3. The maximum absolute atomic E-state index is 10.7. The number of ether oxygens (including phenoxy) is 1. The van der Waals surface area contributed by atoms with Gasteiger partial charge in [0.25, 0.3) is 0 Å². The second-order valence-electron chi connectivity index (χ2n) is 6.12. The fourth-order valence-electron chi connectivity index (χ4n) is 3.28. The van der Waals surface area contributed by atoms with Gasteiger partial charge >= 0.3 is 0 Å². The molecule has 3 rings (SSSR count). The Labute approximate surface area is 114 Å². The highest BCUT2D eigenvalue weighted by Crippen LogP contribution is 2.44. The van der Waals surface area contributed by atoms with Gasteiger partial charge in [0, 0.05) is 12.0 Å². The van der Waals surface area contributed by atoms with Crippen LogP contribution >= 0.6 is 0 Å². The van der Waals surface area contributed by atoms with Gasteiger partial charge < -0.3 is 14.9 Å². The van der Waals surface area contributed by atoms with E-state index in [1.807, 2.05) is 18.2 Å². The van der Waals surface area contributed by atoms with Crippen molar-refractivity contribution in [2.45, 2.75) is 50.7 Å². The molecule has 19 heavy (non-hydrogen) atoms. The zero-order valence-corrected chi connectivity index (χ0v) is 11.4. The second-order valence-corrected chi connectivity index (χ2v) is 6.12. The number of benzene rings is 1. The number of aliphatic hydroxyl groups is 2. The quantitative estimate of drug-likeness (QED) is 0.861. The van der Waals surface area contributed by atoms with Crippen LogP contribution in [-0.2, 0) is 6.42 Å². The molecule has 1 atom stereocenters. The summed E-state index contributed by atoms with van der Waals surface area (Å²) in [4.78, 5) is 0. The smallest absolute Gasteiger partial charge is 0.128 e. The first-order valence-electron chi connectivity index (χ1n) is 7.25. The molecule has 0 saturated heterocycles. The number of para-hydroxylation sites is 1. The van der Waals surface area contributed by atoms with Gasteiger partial charge in [-0.1, -0.05) is 25.1 Å². The molecular weight excluding hydrogens is 240 g/mol. The van der Waals surface area contributed by atoms with Crippen LogP contribution in [0.4, 0.5) is 0 Å². The van der Waals surface area contributed by atoms with E-state index in [4.69, 9.17) is 4.74 Å². The third-order valence-electron chi connectivity index (χ3n) is 4.69. The van der Waals surface area contributed by atoms with Crippen molar-refractivity contribution in [1.82, 2.24) is 0 Å². The van der Waals surface area contributed by atoms with Gasteiger partial charge in [-0.3, -0.25) is 0 Å². The van der Waals surface area contributed by atoms with Crippen LogP contribution in [0.15, 0.2) is 18.2 Å². The molecule has 1 saturated carbocycles. The Morgan fingerprint density at radius 1 is 1.32 bits per heavy atom. The fraction of sp³-hybridized carbons (Fsp3) is 0.625. The molecule has 0 aromatic heterocycles. The molecule has 0 radical (unpaired) electrons. The molecule has 1 heterocycles. The van der Waals surface area contributed by atoms with Crippen molar-refractivity contribution in [2.24, 2.45) is 5.92 Å². The van der Waals surface area contributed by atoms with Crippen LogP contribution in [0.1, 0.15) is 49.8 Å². The summed E-state index contributed by atoms with van der Waals surface area (Å²) in [6, 6.07) is 5.86. The van der Waals surface area contributed by atoms with Gasteiger partial charge in [0.1, 0.15) is 11.9 Å². The normalized spacial score (nSPS) is 31.6. The Balaban J connectivity index is 1.88. The van der Waals surface area contributed by atoms with Gasteiger partial charge in [-0.2, -0.15) is 0 Å². The van der Waals surface area contributed by atoms with E-state index in [1.54, 1.807) is 0 Å². The van der Waals surface area contributed by atoms with Crippen LogP contribution < -0.4 is 4.74 Å². The summed E-state index contributed by atoms with van der Waals surface area (Å²) in [5.41, 5.74) is 0.907. The van der Waals surface area contributed by atoms with E-state index < -0.39 is 11.7 Å². The van der Waals surface area contributed by atoms with Gasteiger partial charge in [0.2, 0.25) is 0 Å². The molecule has 104 valence electrons. The van der Waals surface area contributed by atoms with E-state index in [0.717, 1.165) is 36.1 Å². The number of fused-ring (bicyclic) bond motifs is 1. The van der Waals surface area contributed by atoms with Crippen molar-refractivity contribution < 1.29 is 14.9 Å². The molecule has 1 aromatic rings. The molecule has 0 spiro atoms. The van der Waals surface area contributed by atoms with Gasteiger partial charge in [-0.05, 0) is 37.2 Å². The predicted octanol–water partition coefficient (Wildman–Crippen LogP) is 2.60. The minimum absolute atomic E-state index is 0.644. The molecule has 1 aromatic carbocycles. The number of aliphatic hydroxyl groups excluding tert-OH is 1. The summed E-state index contributed by atoms with van der Waals surface area (Å²) < 4.78 is 5.64. The lowest BCUT2D eigenvalue weighted by Crippen LogP contribution is -2.40. The molecule has 1 aliphatic carbocycles. The second kappa shape index (κ2) is 4.80. The molecule has 1 fully saturated rings. The molecule has 1 aliphatic heterocycles. The SMILES string of the molecule is CC1CCC(O)(C(O)c2cccc3c2OCC3)CC1. The molecule has 2 aliphatic rings. The Morgan fingerprint density at radius 3 is 2.79 bits per heavy atom. The molecule has 0 bridgehead atoms. The Bertz CT molecular complexity index is 461. The standard InChI is InChI=1S/C16H22O3/c1-11-5-8-16(18,9-6-11)15(17)13-4-2-3-12-7-10-19-14(12)13/h2-4,11,15,17-18H,5-10H2,1H3. The van der Waals surface area contributed by atoms with E-state index >= 15 is 0 Å². The summed E-state index contributed by atoms with van der Waals surface area (Å²) in [6.07, 6.45) is 3.34. The minimum Gasteiger partial charge on any atom is -0.493 e. The maximum atomic E-state index is 10.7. The van der Waals surface area contributed by atoms with Gasteiger partial charge in [-0.15, -0.1) is 0 Å². The summed E-state index contributed by atoms with van der Waals surface area (Å²) >= 11 is 0. The van der Waals surface area contributed by atoms with Crippen molar-refractivity contribution in [3.8, 4) is 5.75 Å². The molecule has 1 unspecified atom stereocenters. The first kappa shape index (κ1) is 12.9. The highest BCUT2D eigenvalue weighted by atomic mass is 16.5. The predicted molar refractivity (Wildman–Crippen MR) is 73.2 cm³/mol. The van der Waals surface area contributed by atoms with Crippen molar-refractivity contribution in [3.63, 3.8) is 0 Å². The lowest BCUT2D eigenvalue weighted by Gasteiger charge is -2.39. The summed E-state index contributed by atoms with van der Waals surface area (Å²) in [5, 5.41) is 21.4. The van der Waals surface area contributed by atoms with Crippen LogP contribution in [0.25, 0.3) is 0 Å². The third kappa shape index (κ3) is 2.26. The lowest BCUT2D eigenvalue weighted by atomic mass is 9.74. The Kier molecular flexibility index (Phi) is 3.27. The van der Waals surface area contributed by atoms with Crippen LogP contribution in [0.3, 0.4) is 0 Å². The van der Waals surface area contributed by atoms with Crippen molar-refractivity contribution in [2.75, 3.05) is 6.61 Å². The van der Waals surface area contributed by atoms with E-state index in [1.165, 1.54) is 0 Å². The van der Waals surface area contributed by atoms with E-state index in [9.17, 15) is 10.2 Å². The summed E-state index contributed by atoms with van der Waals surface area (Å²) in [7, 11) is 0. The van der Waals surface area contributed by atoms with Crippen LogP contribution in [0.5, 0.6) is 5.75 Å². The number of hydrogen-bond donors (Lipinski definition) is 2. The van der Waals surface area contributed by atoms with Crippen molar-refractivity contribution in [3.05, 3.63) is 29.3 Å². The Morgan fingerprint density at radius 2 is 2.05 bits per heavy atom. The first-order valence-corrected chi connectivity index (χ1v) is 7.25. The average Bonchev–Trinajstić information content (AvgIpc) is 2.89. The Hall–Kier alpha value is -1.06. The summed E-state index contributed by atoms with van der Waals surface area (Å²) in [5.74, 6) is 1.44. The maximum Gasteiger partial charge on any atom is 0.128 e. The zero-order chi connectivity index (χ0) is 13.5. The number of rotatable bonds is 2. The fourth-order valence-corrected chi connectivity index (χ4v) is 3.28. The summed E-state index contributed by atoms with van der Waals surface area (Å²) in [6.45, 7) is 2.88. The largest absolute Gasteiger partial charge is 0.493 e. The van der Waals surface area contributed by atoms with Gasteiger partial charge in [0.05, 0.1) is 12.2 Å². The van der Waals surface area contributed by atoms with Crippen molar-refractivity contribution in [1.29, 1.82) is 0 Å². The van der Waals surface area contributed by atoms with Gasteiger partial charge in [-0.25, -0.2) is 0 Å². The molecule has 3 heteroatoms. The van der Waals surface area contributed by atoms with Crippen LogP contribution in [-0.4, -0.2) is 22.4 Å². The van der Waals surface area contributed by atoms with Crippen LogP contribution in [0.2, 0.25) is 0 Å². The van der Waals surface area contributed by atoms with Gasteiger partial charge in [0.15, 0.2) is 0 Å². The highest BCUT2D eigenvalue weighted by molar-refractivity contribution is 5.46. The third-order valence-corrected chi connectivity index (χ3v) is 4.69. The first-order chi connectivity index (χ1) is 9.10. The molecule has 3 nitrogen and oxygen atoms in total. The average molecular weight is 262 g/mol.